The van der Waals surface area contributed by atoms with Gasteiger partial charge in [-0.2, -0.15) is 5.01 Å². The Balaban J connectivity index is 1.49. The summed E-state index contributed by atoms with van der Waals surface area (Å²) in [6.07, 6.45) is 1.08. The lowest BCUT2D eigenvalue weighted by molar-refractivity contribution is -0.138. The number of thioether (sulfide) groups is 1. The number of hydrazine groups is 1. The summed E-state index contributed by atoms with van der Waals surface area (Å²) in [4.78, 5) is 37.2. The number of hydrogen-bond donors (Lipinski definition) is 2. The molecular weight excluding hydrogens is 410 g/mol. The molecule has 1 saturated heterocycles. The molecule has 0 spiro atoms. The molecular formula is C21H22ClN3O3S. The van der Waals surface area contributed by atoms with E-state index in [9.17, 15) is 14.4 Å². The van der Waals surface area contributed by atoms with Gasteiger partial charge >= 0.3 is 6.03 Å². The van der Waals surface area contributed by atoms with Gasteiger partial charge in [-0.15, -0.1) is 11.8 Å². The number of urea groups is 1. The number of rotatable bonds is 8. The zero-order valence-corrected chi connectivity index (χ0v) is 17.6. The highest BCUT2D eigenvalue weighted by atomic mass is 35.5. The third-order valence-electron chi connectivity index (χ3n) is 4.67. The van der Waals surface area contributed by atoms with Gasteiger partial charge in [-0.05, 0) is 43.0 Å². The Kier molecular flexibility index (Phi) is 6.82. The summed E-state index contributed by atoms with van der Waals surface area (Å²) in [7, 11) is 0. The first-order valence-corrected chi connectivity index (χ1v) is 10.7. The van der Waals surface area contributed by atoms with Gasteiger partial charge in [0, 0.05) is 10.8 Å². The van der Waals surface area contributed by atoms with E-state index in [0.29, 0.717) is 23.6 Å². The van der Waals surface area contributed by atoms with Gasteiger partial charge in [0.2, 0.25) is 5.91 Å². The van der Waals surface area contributed by atoms with Crippen LogP contribution in [0.5, 0.6) is 0 Å². The van der Waals surface area contributed by atoms with Crippen molar-refractivity contribution < 1.29 is 14.4 Å². The molecule has 0 radical (unpaired) electrons. The Morgan fingerprint density at radius 1 is 1.10 bits per heavy atom. The van der Waals surface area contributed by atoms with Crippen LogP contribution in [0.15, 0.2) is 54.6 Å². The molecule has 8 heteroatoms. The monoisotopic (exact) mass is 431 g/mol. The zero-order chi connectivity index (χ0) is 20.9. The summed E-state index contributed by atoms with van der Waals surface area (Å²) < 4.78 is 0. The van der Waals surface area contributed by atoms with E-state index >= 15 is 0 Å². The van der Waals surface area contributed by atoms with E-state index in [2.05, 4.69) is 10.7 Å². The number of nitrogens with zero attached hydrogens (tertiary/aromatic N) is 1. The lowest BCUT2D eigenvalue weighted by atomic mass is 9.93. The largest absolute Gasteiger partial charge is 0.344 e. The number of hydrogen-bond acceptors (Lipinski definition) is 4. The van der Waals surface area contributed by atoms with Gasteiger partial charge < -0.3 is 5.32 Å². The molecule has 6 nitrogen and oxygen atoms in total. The van der Waals surface area contributed by atoms with Crippen LogP contribution in [0.2, 0.25) is 5.02 Å². The van der Waals surface area contributed by atoms with Gasteiger partial charge in [0.25, 0.3) is 5.91 Å². The summed E-state index contributed by atoms with van der Waals surface area (Å²) in [5.74, 6) is -0.103. The van der Waals surface area contributed by atoms with E-state index in [-0.39, 0.29) is 5.75 Å². The van der Waals surface area contributed by atoms with E-state index in [0.717, 1.165) is 16.1 Å². The SMILES string of the molecule is C[C@@]1(CCc2ccccc2)NC(=O)N(NC(=O)CSCc2ccc(Cl)cc2)C1=O. The normalized spacial score (nSPS) is 18.6. The van der Waals surface area contributed by atoms with Crippen LogP contribution in [-0.2, 0) is 21.8 Å². The Bertz CT molecular complexity index is 892. The fraction of sp³-hybridized carbons (Fsp3) is 0.286. The number of carbonyl (C=O) groups is 3. The molecule has 1 atom stereocenters. The van der Waals surface area contributed by atoms with Crippen LogP contribution in [-0.4, -0.2) is 34.1 Å². The predicted octanol–water partition coefficient (Wildman–Crippen LogP) is 3.55. The zero-order valence-electron chi connectivity index (χ0n) is 16.0. The molecule has 1 heterocycles. The number of amides is 4. The van der Waals surface area contributed by atoms with Gasteiger partial charge in [-0.1, -0.05) is 54.1 Å². The molecule has 4 amide bonds. The number of imide groups is 1. The minimum atomic E-state index is -1.04. The highest BCUT2D eigenvalue weighted by Crippen LogP contribution is 2.22. The van der Waals surface area contributed by atoms with Crippen LogP contribution in [0.1, 0.15) is 24.5 Å². The van der Waals surface area contributed by atoms with E-state index in [4.69, 9.17) is 11.6 Å². The molecule has 0 aliphatic carbocycles. The van der Waals surface area contributed by atoms with E-state index in [1.54, 1.807) is 19.1 Å². The maximum atomic E-state index is 12.7. The van der Waals surface area contributed by atoms with Crippen LogP contribution in [0.4, 0.5) is 4.79 Å². The predicted molar refractivity (Wildman–Crippen MR) is 114 cm³/mol. The molecule has 1 aliphatic rings. The first-order valence-electron chi connectivity index (χ1n) is 9.20. The Morgan fingerprint density at radius 2 is 1.79 bits per heavy atom. The van der Waals surface area contributed by atoms with Crippen molar-refractivity contribution >= 4 is 41.2 Å². The van der Waals surface area contributed by atoms with Crippen molar-refractivity contribution in [2.45, 2.75) is 31.1 Å². The van der Waals surface area contributed by atoms with E-state index in [1.807, 2.05) is 42.5 Å². The molecule has 2 N–H and O–H groups in total. The fourth-order valence-electron chi connectivity index (χ4n) is 2.99. The van der Waals surface area contributed by atoms with Gasteiger partial charge in [0.05, 0.1) is 5.75 Å². The highest BCUT2D eigenvalue weighted by Gasteiger charge is 2.48. The second-order valence-corrected chi connectivity index (χ2v) is 8.46. The smallest absolute Gasteiger partial charge is 0.322 e. The third kappa shape index (κ3) is 5.52. The van der Waals surface area contributed by atoms with Crippen LogP contribution >= 0.6 is 23.4 Å². The average Bonchev–Trinajstić information content (AvgIpc) is 2.92. The Morgan fingerprint density at radius 3 is 2.48 bits per heavy atom. The van der Waals surface area contributed by atoms with Crippen LogP contribution in [0.3, 0.4) is 0 Å². The molecule has 2 aromatic rings. The number of aryl methyl sites for hydroxylation is 1. The van der Waals surface area contributed by atoms with Crippen LogP contribution < -0.4 is 10.7 Å². The molecule has 29 heavy (non-hydrogen) atoms. The summed E-state index contributed by atoms with van der Waals surface area (Å²) in [5.41, 5.74) is 3.49. The average molecular weight is 432 g/mol. The fourth-order valence-corrected chi connectivity index (χ4v) is 3.90. The van der Waals surface area contributed by atoms with Gasteiger partial charge in [0.1, 0.15) is 5.54 Å². The van der Waals surface area contributed by atoms with Crippen molar-refractivity contribution in [3.8, 4) is 0 Å². The molecule has 0 aromatic heterocycles. The molecule has 1 fully saturated rings. The molecule has 152 valence electrons. The lowest BCUT2D eigenvalue weighted by Gasteiger charge is -2.21. The Labute approximate surface area is 179 Å². The van der Waals surface area contributed by atoms with Crippen LogP contribution in [0.25, 0.3) is 0 Å². The minimum Gasteiger partial charge on any atom is -0.322 e. The van der Waals surface area contributed by atoms with Gasteiger partial charge in [-0.25, -0.2) is 4.79 Å². The maximum Gasteiger partial charge on any atom is 0.344 e. The topological polar surface area (TPSA) is 78.5 Å². The van der Waals surface area contributed by atoms with E-state index in [1.165, 1.54) is 11.8 Å². The molecule has 0 saturated carbocycles. The number of nitrogens with one attached hydrogen (secondary N) is 2. The summed E-state index contributed by atoms with van der Waals surface area (Å²) in [5, 5.41) is 4.14. The van der Waals surface area contributed by atoms with Crippen LogP contribution in [0, 0.1) is 0 Å². The number of benzene rings is 2. The van der Waals surface area contributed by atoms with Crippen molar-refractivity contribution in [2.24, 2.45) is 0 Å². The van der Waals surface area contributed by atoms with Crippen molar-refractivity contribution in [3.05, 3.63) is 70.7 Å². The number of halogens is 1. The lowest BCUT2D eigenvalue weighted by Crippen LogP contribution is -2.49. The molecule has 0 unspecified atom stereocenters. The van der Waals surface area contributed by atoms with Gasteiger partial charge in [0.15, 0.2) is 0 Å². The van der Waals surface area contributed by atoms with Crippen molar-refractivity contribution in [3.63, 3.8) is 0 Å². The second-order valence-electron chi connectivity index (χ2n) is 7.04. The summed E-state index contributed by atoms with van der Waals surface area (Å²) in [6.45, 7) is 1.68. The van der Waals surface area contributed by atoms with Crippen molar-refractivity contribution in [2.75, 3.05) is 5.75 Å². The van der Waals surface area contributed by atoms with Gasteiger partial charge in [-0.3, -0.25) is 15.0 Å². The first-order chi connectivity index (χ1) is 13.9. The molecule has 0 bridgehead atoms. The minimum absolute atomic E-state index is 0.125. The summed E-state index contributed by atoms with van der Waals surface area (Å²) in [6, 6.07) is 16.5. The third-order valence-corrected chi connectivity index (χ3v) is 5.92. The summed E-state index contributed by atoms with van der Waals surface area (Å²) >= 11 is 7.24. The first kappa shape index (κ1) is 21.2. The van der Waals surface area contributed by atoms with Crippen molar-refractivity contribution in [1.82, 2.24) is 15.8 Å². The quantitative estimate of drug-likeness (QED) is 0.626. The molecule has 3 rings (SSSR count). The highest BCUT2D eigenvalue weighted by molar-refractivity contribution is 7.99. The maximum absolute atomic E-state index is 12.7. The van der Waals surface area contributed by atoms with Crippen molar-refractivity contribution in [1.29, 1.82) is 0 Å². The number of carbonyl (C=O) groups excluding carboxylic acids is 3. The standard InChI is InChI=1S/C21H22ClN3O3S/c1-21(12-11-15-5-3-2-4-6-15)19(27)25(20(28)23-21)24-18(26)14-29-13-16-7-9-17(22)10-8-16/h2-10H,11-14H2,1H3,(H,23,28)(H,24,26)/t21-/m0/s1. The Hall–Kier alpha value is -2.51. The second kappa shape index (κ2) is 9.33. The molecule has 1 aliphatic heterocycles. The molecule has 2 aromatic carbocycles. The van der Waals surface area contributed by atoms with E-state index < -0.39 is 23.4 Å².